The van der Waals surface area contributed by atoms with E-state index in [1.807, 2.05) is 27.6 Å². The summed E-state index contributed by atoms with van der Waals surface area (Å²) in [5.41, 5.74) is 2.84. The molecule has 0 spiro atoms. The van der Waals surface area contributed by atoms with Gasteiger partial charge >= 0.3 is 5.69 Å². The summed E-state index contributed by atoms with van der Waals surface area (Å²) < 4.78 is 3.53. The number of aromatic amines is 1. The third kappa shape index (κ3) is 6.50. The quantitative estimate of drug-likeness (QED) is 0.399. The van der Waals surface area contributed by atoms with E-state index in [9.17, 15) is 9.59 Å². The van der Waals surface area contributed by atoms with Gasteiger partial charge in [0, 0.05) is 26.3 Å². The van der Waals surface area contributed by atoms with E-state index in [-0.39, 0.29) is 11.6 Å². The molecule has 0 bridgehead atoms. The van der Waals surface area contributed by atoms with Crippen LogP contribution in [0.15, 0.2) is 23.1 Å². The summed E-state index contributed by atoms with van der Waals surface area (Å²) in [7, 11) is 1.70. The number of hydrogen-bond acceptors (Lipinski definition) is 5. The molecule has 1 aliphatic rings. The number of aromatic nitrogens is 5. The molecule has 202 valence electrons. The van der Waals surface area contributed by atoms with Crippen molar-refractivity contribution in [2.75, 3.05) is 32.7 Å². The molecule has 0 aromatic carbocycles. The number of amides is 1. The number of nitrogens with one attached hydrogen (secondary N) is 1. The third-order valence-corrected chi connectivity index (χ3v) is 7.38. The Morgan fingerprint density at radius 3 is 2.35 bits per heavy atom. The van der Waals surface area contributed by atoms with Crippen LogP contribution in [0.5, 0.6) is 0 Å². The van der Waals surface area contributed by atoms with E-state index in [0.717, 1.165) is 69.7 Å². The Labute approximate surface area is 219 Å². The van der Waals surface area contributed by atoms with Crippen LogP contribution < -0.4 is 5.69 Å². The maximum absolute atomic E-state index is 13.7. The Morgan fingerprint density at radius 1 is 1.08 bits per heavy atom. The average molecular weight is 510 g/mol. The molecule has 0 atom stereocenters. The lowest BCUT2D eigenvalue weighted by Crippen LogP contribution is -2.34. The number of aryl methyl sites for hydroxylation is 1. The largest absolute Gasteiger partial charge is 0.343 e. The molecule has 1 fully saturated rings. The SMILES string of the molecule is CC(C)CCN(CCC(C)C)C(=O)c1ccc2nc(-c3n[nH]c(=O)n3C)c(CCCN3CCCC3)n2c1. The van der Waals surface area contributed by atoms with Crippen LogP contribution in [0.2, 0.25) is 0 Å². The average Bonchev–Trinajstić information content (AvgIpc) is 3.58. The van der Waals surface area contributed by atoms with E-state index in [1.54, 1.807) is 7.05 Å². The van der Waals surface area contributed by atoms with Gasteiger partial charge in [-0.05, 0) is 82.1 Å². The van der Waals surface area contributed by atoms with Gasteiger partial charge in [-0.3, -0.25) is 9.36 Å². The highest BCUT2D eigenvalue weighted by Gasteiger charge is 2.22. The number of H-pyrrole nitrogens is 1. The van der Waals surface area contributed by atoms with Crippen molar-refractivity contribution in [3.63, 3.8) is 0 Å². The maximum atomic E-state index is 13.7. The molecule has 1 amide bonds. The summed E-state index contributed by atoms with van der Waals surface area (Å²) >= 11 is 0. The highest BCUT2D eigenvalue weighted by atomic mass is 16.2. The maximum Gasteiger partial charge on any atom is 0.343 e. The van der Waals surface area contributed by atoms with Gasteiger partial charge in [0.25, 0.3) is 5.91 Å². The number of fused-ring (bicyclic) bond motifs is 1. The van der Waals surface area contributed by atoms with E-state index in [0.29, 0.717) is 28.9 Å². The lowest BCUT2D eigenvalue weighted by Gasteiger charge is -2.24. The van der Waals surface area contributed by atoms with Gasteiger partial charge in [-0.2, -0.15) is 5.10 Å². The molecule has 1 N–H and O–H groups in total. The molecule has 3 aromatic heterocycles. The smallest absolute Gasteiger partial charge is 0.339 e. The zero-order chi connectivity index (χ0) is 26.5. The fourth-order valence-corrected chi connectivity index (χ4v) is 5.00. The van der Waals surface area contributed by atoms with Crippen molar-refractivity contribution in [1.29, 1.82) is 0 Å². The van der Waals surface area contributed by atoms with E-state index >= 15 is 0 Å². The lowest BCUT2D eigenvalue weighted by atomic mass is 10.1. The summed E-state index contributed by atoms with van der Waals surface area (Å²) in [4.78, 5) is 35.1. The van der Waals surface area contributed by atoms with Gasteiger partial charge in [-0.15, -0.1) is 0 Å². The summed E-state index contributed by atoms with van der Waals surface area (Å²) in [5, 5.41) is 6.80. The topological polar surface area (TPSA) is 91.5 Å². The molecule has 9 heteroatoms. The molecule has 4 heterocycles. The first kappa shape index (κ1) is 27.1. The lowest BCUT2D eigenvalue weighted by molar-refractivity contribution is 0.0740. The Hall–Kier alpha value is -2.94. The van der Waals surface area contributed by atoms with Gasteiger partial charge in [0.1, 0.15) is 11.3 Å². The van der Waals surface area contributed by atoms with Gasteiger partial charge in [-0.25, -0.2) is 14.9 Å². The number of carbonyl (C=O) groups is 1. The van der Waals surface area contributed by atoms with Crippen LogP contribution >= 0.6 is 0 Å². The van der Waals surface area contributed by atoms with E-state index < -0.39 is 0 Å². The molecular weight excluding hydrogens is 466 g/mol. The first-order chi connectivity index (χ1) is 17.7. The van der Waals surface area contributed by atoms with E-state index in [1.165, 1.54) is 17.4 Å². The van der Waals surface area contributed by atoms with Gasteiger partial charge in [0.15, 0.2) is 5.82 Å². The minimum Gasteiger partial charge on any atom is -0.339 e. The first-order valence-electron chi connectivity index (χ1n) is 13.9. The second-order valence-corrected chi connectivity index (χ2v) is 11.3. The number of imidazole rings is 1. The number of carbonyl (C=O) groups excluding carboxylic acids is 1. The monoisotopic (exact) mass is 509 g/mol. The standard InChI is InChI=1S/C28H43N7O2/c1-20(2)12-17-34(18-13-21(3)4)27(36)22-10-11-24-29-25(26-30-31-28(37)32(26)5)23(35(24)19-22)9-8-16-33-14-6-7-15-33/h10-11,19-21H,6-9,12-18H2,1-5H3,(H,31,37). The van der Waals surface area contributed by atoms with Gasteiger partial charge in [0.2, 0.25) is 0 Å². The molecule has 0 unspecified atom stereocenters. The zero-order valence-electron chi connectivity index (χ0n) is 23.2. The van der Waals surface area contributed by atoms with Crippen LogP contribution in [0.25, 0.3) is 17.2 Å². The van der Waals surface area contributed by atoms with Crippen molar-refractivity contribution in [1.82, 2.24) is 33.9 Å². The summed E-state index contributed by atoms with van der Waals surface area (Å²) in [6, 6.07) is 3.79. The van der Waals surface area contributed by atoms with Crippen molar-refractivity contribution < 1.29 is 4.79 Å². The molecule has 9 nitrogen and oxygen atoms in total. The number of likely N-dealkylation sites (tertiary alicyclic amines) is 1. The molecule has 0 aliphatic carbocycles. The predicted octanol–water partition coefficient (Wildman–Crippen LogP) is 3.99. The minimum atomic E-state index is -0.267. The fraction of sp³-hybridized carbons (Fsp3) is 0.643. The summed E-state index contributed by atoms with van der Waals surface area (Å²) in [5.74, 6) is 1.66. The fourth-order valence-electron chi connectivity index (χ4n) is 5.00. The Kier molecular flexibility index (Phi) is 8.84. The summed E-state index contributed by atoms with van der Waals surface area (Å²) in [6.45, 7) is 13.7. The number of pyridine rings is 1. The zero-order valence-corrected chi connectivity index (χ0v) is 23.2. The molecule has 3 aromatic rings. The Bertz CT molecular complexity index is 1240. The molecule has 1 aliphatic heterocycles. The van der Waals surface area contributed by atoms with Crippen molar-refractivity contribution >= 4 is 11.6 Å². The predicted molar refractivity (Wildman–Crippen MR) is 147 cm³/mol. The van der Waals surface area contributed by atoms with Crippen LogP contribution in [0.4, 0.5) is 0 Å². The van der Waals surface area contributed by atoms with E-state index in [4.69, 9.17) is 4.98 Å². The van der Waals surface area contributed by atoms with Crippen LogP contribution in [0, 0.1) is 11.8 Å². The molecule has 37 heavy (non-hydrogen) atoms. The van der Waals surface area contributed by atoms with Gasteiger partial charge in [0.05, 0.1) is 11.3 Å². The molecule has 1 saturated heterocycles. The highest BCUT2D eigenvalue weighted by Crippen LogP contribution is 2.25. The first-order valence-corrected chi connectivity index (χ1v) is 13.9. The highest BCUT2D eigenvalue weighted by molar-refractivity contribution is 5.94. The van der Waals surface area contributed by atoms with Crippen LogP contribution in [-0.2, 0) is 13.5 Å². The van der Waals surface area contributed by atoms with Crippen LogP contribution in [-0.4, -0.2) is 72.6 Å². The Balaban J connectivity index is 1.67. The normalized spacial score (nSPS) is 14.5. The van der Waals surface area contributed by atoms with Crippen LogP contribution in [0.1, 0.15) is 75.9 Å². The second kappa shape index (κ2) is 12.1. The Morgan fingerprint density at radius 2 is 1.76 bits per heavy atom. The van der Waals surface area contributed by atoms with Crippen LogP contribution in [0.3, 0.4) is 0 Å². The second-order valence-electron chi connectivity index (χ2n) is 11.3. The minimum absolute atomic E-state index is 0.0636. The van der Waals surface area contributed by atoms with Crippen molar-refractivity contribution in [2.24, 2.45) is 18.9 Å². The number of nitrogens with zero attached hydrogens (tertiary/aromatic N) is 6. The van der Waals surface area contributed by atoms with Gasteiger partial charge in [-0.1, -0.05) is 27.7 Å². The molecular formula is C28H43N7O2. The molecule has 0 saturated carbocycles. The van der Waals surface area contributed by atoms with E-state index in [2.05, 4.69) is 42.8 Å². The number of rotatable bonds is 12. The summed E-state index contributed by atoms with van der Waals surface area (Å²) in [6.07, 6.45) is 8.20. The van der Waals surface area contributed by atoms with Gasteiger partial charge < -0.3 is 14.2 Å². The molecule has 4 rings (SSSR count). The van der Waals surface area contributed by atoms with Crippen molar-refractivity contribution in [3.05, 3.63) is 40.1 Å². The van der Waals surface area contributed by atoms with Crippen molar-refractivity contribution in [2.45, 2.75) is 66.2 Å². The third-order valence-electron chi connectivity index (χ3n) is 7.38. The number of hydrogen-bond donors (Lipinski definition) is 1. The van der Waals surface area contributed by atoms with Crippen molar-refractivity contribution in [3.8, 4) is 11.5 Å². The molecule has 0 radical (unpaired) electrons.